The van der Waals surface area contributed by atoms with E-state index in [1.165, 1.54) is 11.3 Å². The van der Waals surface area contributed by atoms with E-state index in [0.29, 0.717) is 22.0 Å². The number of aryl methyl sites for hydroxylation is 2. The third-order valence-corrected chi connectivity index (χ3v) is 6.23. The second-order valence-electron chi connectivity index (χ2n) is 7.75. The Balaban J connectivity index is 0.000000606. The first kappa shape index (κ1) is 34.0. The monoisotopic (exact) mass is 532 g/mol. The summed E-state index contributed by atoms with van der Waals surface area (Å²) >= 11 is 1.30. The van der Waals surface area contributed by atoms with E-state index in [1.54, 1.807) is 37.4 Å². The van der Waals surface area contributed by atoms with Crippen LogP contribution < -0.4 is 15.4 Å². The van der Waals surface area contributed by atoms with Crippen LogP contribution >= 0.6 is 11.3 Å². The molecule has 0 amide bonds. The Morgan fingerprint density at radius 2 is 1.65 bits per heavy atom. The third kappa shape index (κ3) is 10.1. The number of likely N-dealkylation sites (N-methyl/N-ethyl adjacent to an activating group) is 1. The highest BCUT2D eigenvalue weighted by Gasteiger charge is 2.18. The van der Waals surface area contributed by atoms with Crippen LogP contribution in [0.3, 0.4) is 0 Å². The zero-order chi connectivity index (χ0) is 27.3. The van der Waals surface area contributed by atoms with Crippen LogP contribution in [0.1, 0.15) is 60.9 Å². The lowest BCUT2D eigenvalue weighted by Gasteiger charge is -2.34. The zero-order valence-corrected chi connectivity index (χ0v) is 23.7. The number of piperazine rings is 1. The van der Waals surface area contributed by atoms with Gasteiger partial charge in [0, 0.05) is 31.7 Å². The van der Waals surface area contributed by atoms with Crippen molar-refractivity contribution in [3.05, 3.63) is 69.3 Å². The van der Waals surface area contributed by atoms with Gasteiger partial charge >= 0.3 is 0 Å². The maximum atomic E-state index is 13.7. The van der Waals surface area contributed by atoms with Gasteiger partial charge in [0.1, 0.15) is 22.3 Å². The van der Waals surface area contributed by atoms with Gasteiger partial charge < -0.3 is 20.3 Å². The van der Waals surface area contributed by atoms with Crippen molar-refractivity contribution in [2.45, 2.75) is 49.0 Å². The maximum absolute atomic E-state index is 13.7. The molecule has 0 bridgehead atoms. The highest BCUT2D eigenvalue weighted by Crippen LogP contribution is 2.25. The number of nitrogens with two attached hydrogens (primary N) is 1. The summed E-state index contributed by atoms with van der Waals surface area (Å²) in [6.45, 7) is 15.6. The number of anilines is 2. The van der Waals surface area contributed by atoms with Crippen LogP contribution in [0.5, 0.6) is 5.75 Å². The normalized spacial score (nSPS) is 12.4. The lowest BCUT2D eigenvalue weighted by Crippen LogP contribution is -2.44. The first-order chi connectivity index (χ1) is 17.3. The van der Waals surface area contributed by atoms with Crippen LogP contribution in [0.25, 0.3) is 0 Å². The number of carbonyl (C=O) groups excluding carboxylic acids is 1. The first-order valence-corrected chi connectivity index (χ1v) is 13.2. The predicted octanol–water partition coefficient (Wildman–Crippen LogP) is 6.85. The molecule has 0 saturated carbocycles. The fourth-order valence-corrected chi connectivity index (χ4v) is 4.22. The van der Waals surface area contributed by atoms with E-state index in [1.807, 2.05) is 53.7 Å². The molecule has 0 aliphatic carbocycles. The number of hydrogen-bond donors (Lipinski definition) is 1. The van der Waals surface area contributed by atoms with E-state index in [2.05, 4.69) is 21.8 Å². The molecular weight excluding hydrogens is 487 g/mol. The molecule has 6 nitrogen and oxygen atoms in total. The molecule has 1 aromatic heterocycles. The van der Waals surface area contributed by atoms with Crippen molar-refractivity contribution >= 4 is 28.6 Å². The van der Waals surface area contributed by atoms with Gasteiger partial charge in [-0.25, -0.2) is 9.37 Å². The number of nitrogen functional groups attached to an aromatic ring is 1. The first-order valence-electron chi connectivity index (χ1n) is 12.4. The minimum absolute atomic E-state index is 0. The van der Waals surface area contributed by atoms with Gasteiger partial charge in [-0.3, -0.25) is 4.79 Å². The fourth-order valence-electron chi connectivity index (χ4n) is 3.42. The number of benzene rings is 2. The molecule has 206 valence electrons. The van der Waals surface area contributed by atoms with Crippen molar-refractivity contribution in [3.8, 4) is 5.75 Å². The van der Waals surface area contributed by atoms with Gasteiger partial charge in [0.25, 0.3) is 0 Å². The van der Waals surface area contributed by atoms with E-state index in [9.17, 15) is 9.18 Å². The molecule has 1 fully saturated rings. The average Bonchev–Trinajstić information content (AvgIpc) is 3.24. The Morgan fingerprint density at radius 3 is 2.16 bits per heavy atom. The summed E-state index contributed by atoms with van der Waals surface area (Å²) < 4.78 is 18.8. The summed E-state index contributed by atoms with van der Waals surface area (Å²) in [5.41, 5.74) is 7.97. The Morgan fingerprint density at radius 1 is 1.03 bits per heavy atom. The Hall–Kier alpha value is -2.97. The predicted molar refractivity (Wildman–Crippen MR) is 158 cm³/mol. The molecule has 3 aromatic rings. The number of thiazole rings is 1. The fraction of sp³-hybridized carbons (Fsp3) is 0.448. The van der Waals surface area contributed by atoms with Crippen LogP contribution in [0, 0.1) is 19.7 Å². The zero-order valence-electron chi connectivity index (χ0n) is 22.9. The molecule has 4 rings (SSSR count). The minimum atomic E-state index is -0.119. The lowest BCUT2D eigenvalue weighted by molar-refractivity contribution is 0.104. The molecule has 0 radical (unpaired) electrons. The standard InChI is InChI=1S/C12H17FN2.C12H12N2O2S.2C2H6.CH4/c1-10-3-4-12(11(13)9-10)15-7-5-14(2)6-8-15;1-7-14-12(13)11(17-7)10(15)8-4-3-5-9(6-8)16-2;2*1-2;/h3-4,9H,5-8H2,1-2H3;3-6H,13H2,1-2H3;2*1-2H3;1H4. The summed E-state index contributed by atoms with van der Waals surface area (Å²) in [7, 11) is 3.66. The minimum Gasteiger partial charge on any atom is -0.497 e. The van der Waals surface area contributed by atoms with Gasteiger partial charge in [-0.2, -0.15) is 0 Å². The second-order valence-corrected chi connectivity index (χ2v) is 8.96. The number of ketones is 1. The summed E-state index contributed by atoms with van der Waals surface area (Å²) in [4.78, 5) is 21.1. The summed E-state index contributed by atoms with van der Waals surface area (Å²) in [6.07, 6.45) is 0. The number of aromatic nitrogens is 1. The summed E-state index contributed by atoms with van der Waals surface area (Å²) in [6, 6.07) is 12.4. The molecule has 0 spiro atoms. The van der Waals surface area contributed by atoms with E-state index in [0.717, 1.165) is 42.4 Å². The molecule has 1 aliphatic rings. The van der Waals surface area contributed by atoms with E-state index in [-0.39, 0.29) is 19.0 Å². The van der Waals surface area contributed by atoms with E-state index in [4.69, 9.17) is 10.5 Å². The van der Waals surface area contributed by atoms with E-state index >= 15 is 0 Å². The van der Waals surface area contributed by atoms with Crippen LogP contribution in [-0.4, -0.2) is 56.0 Å². The molecule has 1 aliphatic heterocycles. The summed E-state index contributed by atoms with van der Waals surface area (Å²) in [5, 5.41) is 0.786. The highest BCUT2D eigenvalue weighted by atomic mass is 32.1. The Bertz CT molecular complexity index is 1080. The van der Waals surface area contributed by atoms with Crippen LogP contribution in [0.15, 0.2) is 42.5 Å². The third-order valence-electron chi connectivity index (χ3n) is 5.25. The molecule has 1 saturated heterocycles. The molecule has 0 atom stereocenters. The SMILES string of the molecule is C.CC.CC.COc1cccc(C(=O)c2sc(C)nc2N)c1.Cc1ccc(N2CCN(C)CC2)c(F)c1. The Kier molecular flexibility index (Phi) is 16.1. The molecular formula is C29H45FN4O2S. The molecule has 2 aromatic carbocycles. The smallest absolute Gasteiger partial charge is 0.206 e. The number of hydrogen-bond acceptors (Lipinski definition) is 7. The van der Waals surface area contributed by atoms with Crippen LogP contribution in [-0.2, 0) is 0 Å². The van der Waals surface area contributed by atoms with Crippen LogP contribution in [0.2, 0.25) is 0 Å². The molecule has 8 heteroatoms. The quantitative estimate of drug-likeness (QED) is 0.371. The van der Waals surface area contributed by atoms with Crippen molar-refractivity contribution in [2.75, 3.05) is 51.0 Å². The highest BCUT2D eigenvalue weighted by molar-refractivity contribution is 7.14. The van der Waals surface area contributed by atoms with E-state index < -0.39 is 0 Å². The van der Waals surface area contributed by atoms with Crippen molar-refractivity contribution in [2.24, 2.45) is 0 Å². The number of nitrogens with zero attached hydrogens (tertiary/aromatic N) is 3. The van der Waals surface area contributed by atoms with Crippen molar-refractivity contribution < 1.29 is 13.9 Å². The van der Waals surface area contributed by atoms with Gasteiger partial charge in [0.2, 0.25) is 5.78 Å². The molecule has 37 heavy (non-hydrogen) atoms. The van der Waals surface area contributed by atoms with Gasteiger partial charge in [0.05, 0.1) is 17.8 Å². The number of methoxy groups -OCH3 is 1. The molecule has 0 unspecified atom stereocenters. The maximum Gasteiger partial charge on any atom is 0.206 e. The molecule has 2 N–H and O–H groups in total. The number of rotatable bonds is 4. The number of carbonyl (C=O) groups is 1. The van der Waals surface area contributed by atoms with Crippen molar-refractivity contribution in [3.63, 3.8) is 0 Å². The number of ether oxygens (including phenoxy) is 1. The topological polar surface area (TPSA) is 71.7 Å². The van der Waals surface area contributed by atoms with Gasteiger partial charge in [-0.1, -0.05) is 53.3 Å². The van der Waals surface area contributed by atoms with Gasteiger partial charge in [-0.05, 0) is 50.7 Å². The number of halogens is 1. The second kappa shape index (κ2) is 17.5. The summed E-state index contributed by atoms with van der Waals surface area (Å²) in [5.74, 6) is 0.725. The lowest BCUT2D eigenvalue weighted by atomic mass is 10.1. The Labute approximate surface area is 227 Å². The molecule has 2 heterocycles. The van der Waals surface area contributed by atoms with Gasteiger partial charge in [-0.15, -0.1) is 11.3 Å². The van der Waals surface area contributed by atoms with Crippen molar-refractivity contribution in [1.29, 1.82) is 0 Å². The van der Waals surface area contributed by atoms with Crippen LogP contribution in [0.4, 0.5) is 15.9 Å². The largest absolute Gasteiger partial charge is 0.497 e. The van der Waals surface area contributed by atoms with Crippen molar-refractivity contribution in [1.82, 2.24) is 9.88 Å². The van der Waals surface area contributed by atoms with Gasteiger partial charge in [0.15, 0.2) is 0 Å². The average molecular weight is 533 g/mol.